The van der Waals surface area contributed by atoms with Crippen molar-refractivity contribution >= 4 is 0 Å². The van der Waals surface area contributed by atoms with E-state index < -0.39 is 0 Å². The fourth-order valence-electron chi connectivity index (χ4n) is 3.52. The maximum Gasteiger partial charge on any atom is 0.125 e. The number of nitrogens with zero attached hydrogens (tertiary/aromatic N) is 2. The number of rotatable bonds is 6. The summed E-state index contributed by atoms with van der Waals surface area (Å²) >= 11 is 0. The normalized spacial score (nSPS) is 15.2. The Labute approximate surface area is 130 Å². The molecule has 3 nitrogen and oxygen atoms in total. The summed E-state index contributed by atoms with van der Waals surface area (Å²) in [6.45, 7) is 8.79. The molecule has 1 aromatic rings. The van der Waals surface area contributed by atoms with Crippen molar-refractivity contribution in [3.05, 3.63) is 29.3 Å². The topological polar surface area (TPSA) is 26.7 Å². The third-order valence-electron chi connectivity index (χ3n) is 4.11. The van der Waals surface area contributed by atoms with Gasteiger partial charge in [-0.2, -0.15) is 0 Å². The van der Waals surface area contributed by atoms with Crippen molar-refractivity contribution < 1.29 is 5.11 Å². The van der Waals surface area contributed by atoms with Crippen molar-refractivity contribution in [2.45, 2.75) is 39.8 Å². The minimum absolute atomic E-state index is 0.222. The molecule has 0 aromatic heterocycles. The second-order valence-corrected chi connectivity index (χ2v) is 7.09. The van der Waals surface area contributed by atoms with E-state index in [0.717, 1.165) is 11.1 Å². The molecule has 120 valence electrons. The molecule has 0 bridgehead atoms. The van der Waals surface area contributed by atoms with Crippen LogP contribution in [-0.2, 0) is 0 Å². The van der Waals surface area contributed by atoms with Gasteiger partial charge in [0.25, 0.3) is 0 Å². The predicted molar refractivity (Wildman–Crippen MR) is 90.6 cm³/mol. The number of hydrogen-bond donors (Lipinski definition) is 1. The van der Waals surface area contributed by atoms with E-state index in [-0.39, 0.29) is 12.1 Å². The lowest BCUT2D eigenvalue weighted by Gasteiger charge is -2.33. The molecule has 0 aliphatic carbocycles. The Balaban J connectivity index is 3.37. The Kier molecular flexibility index (Phi) is 6.24. The molecular formula is C18H32N2O. The zero-order valence-electron chi connectivity index (χ0n) is 14.9. The SMILES string of the molecule is CC(C)C(c1cccc(C(C(C)C)N(C)C)c1O)N(C)C. The predicted octanol–water partition coefficient (Wildman–Crippen LogP) is 3.91. The van der Waals surface area contributed by atoms with Crippen LogP contribution in [0, 0.1) is 11.8 Å². The zero-order valence-corrected chi connectivity index (χ0v) is 14.9. The zero-order chi connectivity index (χ0) is 16.3. The third-order valence-corrected chi connectivity index (χ3v) is 4.11. The molecular weight excluding hydrogens is 260 g/mol. The van der Waals surface area contributed by atoms with Gasteiger partial charge < -0.3 is 14.9 Å². The van der Waals surface area contributed by atoms with Crippen LogP contribution in [-0.4, -0.2) is 43.1 Å². The molecule has 0 aliphatic heterocycles. The lowest BCUT2D eigenvalue weighted by molar-refractivity contribution is 0.218. The molecule has 21 heavy (non-hydrogen) atoms. The highest BCUT2D eigenvalue weighted by Gasteiger charge is 2.27. The molecule has 0 radical (unpaired) electrons. The number of para-hydroxylation sites is 1. The molecule has 0 saturated carbocycles. The summed E-state index contributed by atoms with van der Waals surface area (Å²) in [5.41, 5.74) is 2.06. The molecule has 2 atom stereocenters. The van der Waals surface area contributed by atoms with Crippen molar-refractivity contribution in [2.24, 2.45) is 11.8 Å². The minimum atomic E-state index is 0.222. The smallest absolute Gasteiger partial charge is 0.125 e. The summed E-state index contributed by atoms with van der Waals surface area (Å²) < 4.78 is 0. The van der Waals surface area contributed by atoms with E-state index in [1.54, 1.807) is 0 Å². The first-order valence-corrected chi connectivity index (χ1v) is 7.83. The molecule has 1 N–H and O–H groups in total. The molecule has 0 spiro atoms. The molecule has 3 heteroatoms. The van der Waals surface area contributed by atoms with Crippen LogP contribution in [0.5, 0.6) is 5.75 Å². The third kappa shape index (κ3) is 3.98. The van der Waals surface area contributed by atoms with E-state index >= 15 is 0 Å². The van der Waals surface area contributed by atoms with Crippen LogP contribution in [0.2, 0.25) is 0 Å². The maximum atomic E-state index is 10.9. The summed E-state index contributed by atoms with van der Waals surface area (Å²) in [4.78, 5) is 4.37. The van der Waals surface area contributed by atoms with Crippen LogP contribution in [0.3, 0.4) is 0 Å². The first-order valence-electron chi connectivity index (χ1n) is 7.83. The van der Waals surface area contributed by atoms with Crippen LogP contribution >= 0.6 is 0 Å². The number of phenolic OH excluding ortho intramolecular Hbond substituents is 1. The molecule has 0 amide bonds. The second kappa shape index (κ2) is 7.28. The molecule has 0 saturated heterocycles. The Bertz CT molecular complexity index is 398. The van der Waals surface area contributed by atoms with E-state index in [4.69, 9.17) is 0 Å². The van der Waals surface area contributed by atoms with Crippen molar-refractivity contribution in [2.75, 3.05) is 28.2 Å². The highest BCUT2D eigenvalue weighted by molar-refractivity contribution is 5.44. The minimum Gasteiger partial charge on any atom is -0.507 e. The van der Waals surface area contributed by atoms with Gasteiger partial charge in [0, 0.05) is 23.2 Å². The number of phenols is 1. The Morgan fingerprint density at radius 3 is 1.33 bits per heavy atom. The summed E-state index contributed by atoms with van der Waals surface area (Å²) in [6, 6.07) is 6.62. The Morgan fingerprint density at radius 1 is 0.762 bits per heavy atom. The van der Waals surface area contributed by atoms with Gasteiger partial charge in [-0.25, -0.2) is 0 Å². The van der Waals surface area contributed by atoms with Gasteiger partial charge in [0.05, 0.1) is 0 Å². The molecule has 1 aromatic carbocycles. The number of aromatic hydroxyl groups is 1. The average Bonchev–Trinajstić information content (AvgIpc) is 2.32. The standard InChI is InChI=1S/C18H32N2O/c1-12(2)16(19(5)6)14-10-9-11-15(18(14)21)17(13(3)4)20(7)8/h9-13,16-17,21H,1-8H3. The van der Waals surface area contributed by atoms with Crippen molar-refractivity contribution in [3.8, 4) is 5.75 Å². The molecule has 2 unspecified atom stereocenters. The fourth-order valence-corrected chi connectivity index (χ4v) is 3.52. The Morgan fingerprint density at radius 2 is 1.10 bits per heavy atom. The van der Waals surface area contributed by atoms with Gasteiger partial charge in [-0.3, -0.25) is 0 Å². The first kappa shape index (κ1) is 18.0. The van der Waals surface area contributed by atoms with Gasteiger partial charge in [-0.1, -0.05) is 45.9 Å². The Hall–Kier alpha value is -1.06. The van der Waals surface area contributed by atoms with Crippen molar-refractivity contribution in [1.29, 1.82) is 0 Å². The van der Waals surface area contributed by atoms with Gasteiger partial charge in [-0.15, -0.1) is 0 Å². The van der Waals surface area contributed by atoms with E-state index in [1.165, 1.54) is 0 Å². The largest absolute Gasteiger partial charge is 0.507 e. The van der Waals surface area contributed by atoms with E-state index in [1.807, 2.05) is 0 Å². The van der Waals surface area contributed by atoms with Crippen LogP contribution in [0.1, 0.15) is 50.9 Å². The summed E-state index contributed by atoms with van der Waals surface area (Å²) in [6.07, 6.45) is 0. The molecule has 0 fully saturated rings. The van der Waals surface area contributed by atoms with E-state index in [0.29, 0.717) is 17.6 Å². The van der Waals surface area contributed by atoms with Gasteiger partial charge in [0.2, 0.25) is 0 Å². The van der Waals surface area contributed by atoms with Crippen molar-refractivity contribution in [1.82, 2.24) is 9.80 Å². The van der Waals surface area contributed by atoms with Gasteiger partial charge in [0.1, 0.15) is 5.75 Å². The van der Waals surface area contributed by atoms with Crippen LogP contribution in [0.15, 0.2) is 18.2 Å². The van der Waals surface area contributed by atoms with Gasteiger partial charge in [-0.05, 0) is 40.0 Å². The summed E-state index contributed by atoms with van der Waals surface area (Å²) in [5.74, 6) is 1.34. The van der Waals surface area contributed by atoms with Crippen molar-refractivity contribution in [3.63, 3.8) is 0 Å². The van der Waals surface area contributed by atoms with Crippen LogP contribution in [0.4, 0.5) is 0 Å². The fraction of sp³-hybridized carbons (Fsp3) is 0.667. The summed E-state index contributed by atoms with van der Waals surface area (Å²) in [7, 11) is 8.29. The van der Waals surface area contributed by atoms with Crippen LogP contribution in [0.25, 0.3) is 0 Å². The molecule has 1 rings (SSSR count). The van der Waals surface area contributed by atoms with Gasteiger partial charge in [0.15, 0.2) is 0 Å². The number of benzene rings is 1. The molecule has 0 aliphatic rings. The lowest BCUT2D eigenvalue weighted by Crippen LogP contribution is -2.27. The van der Waals surface area contributed by atoms with E-state index in [9.17, 15) is 5.11 Å². The highest BCUT2D eigenvalue weighted by Crippen LogP contribution is 2.40. The average molecular weight is 292 g/mol. The summed E-state index contributed by atoms with van der Waals surface area (Å²) in [5, 5.41) is 10.9. The first-order chi connectivity index (χ1) is 9.68. The highest BCUT2D eigenvalue weighted by atomic mass is 16.3. The quantitative estimate of drug-likeness (QED) is 0.861. The van der Waals surface area contributed by atoms with Gasteiger partial charge >= 0.3 is 0 Å². The van der Waals surface area contributed by atoms with E-state index in [2.05, 4.69) is 83.9 Å². The molecule has 0 heterocycles. The second-order valence-electron chi connectivity index (χ2n) is 7.09. The number of hydrogen-bond acceptors (Lipinski definition) is 3. The maximum absolute atomic E-state index is 10.9. The lowest BCUT2D eigenvalue weighted by atomic mass is 9.88. The monoisotopic (exact) mass is 292 g/mol. The van der Waals surface area contributed by atoms with Crippen LogP contribution < -0.4 is 0 Å².